The molecule has 2 atom stereocenters. The Bertz CT molecular complexity index is 419. The van der Waals surface area contributed by atoms with E-state index in [0.29, 0.717) is 24.1 Å². The van der Waals surface area contributed by atoms with Crippen molar-refractivity contribution in [3.63, 3.8) is 0 Å². The molecule has 3 heteroatoms. The van der Waals surface area contributed by atoms with Gasteiger partial charge in [0.05, 0.1) is 0 Å². The quantitative estimate of drug-likeness (QED) is 0.904. The first kappa shape index (κ1) is 14.5. The highest BCUT2D eigenvalue weighted by atomic mass is 19.1. The van der Waals surface area contributed by atoms with Crippen LogP contribution in [0.25, 0.3) is 0 Å². The van der Waals surface area contributed by atoms with Crippen LogP contribution in [0.2, 0.25) is 0 Å². The fourth-order valence-electron chi connectivity index (χ4n) is 3.25. The summed E-state index contributed by atoms with van der Waals surface area (Å²) in [7, 11) is 2.11. The first-order chi connectivity index (χ1) is 9.13. The van der Waals surface area contributed by atoms with E-state index in [1.165, 1.54) is 25.7 Å². The van der Waals surface area contributed by atoms with E-state index in [2.05, 4.69) is 18.9 Å². The van der Waals surface area contributed by atoms with Crippen molar-refractivity contribution >= 4 is 0 Å². The Morgan fingerprint density at radius 3 is 2.63 bits per heavy atom. The molecule has 2 unspecified atom stereocenters. The smallest absolute Gasteiger partial charge is 0.132 e. The molecular formula is C16H25FN2. The molecule has 0 bridgehead atoms. The summed E-state index contributed by atoms with van der Waals surface area (Å²) in [6, 6.07) is 6.12. The zero-order valence-electron chi connectivity index (χ0n) is 12.0. The van der Waals surface area contributed by atoms with Crippen LogP contribution in [-0.4, -0.2) is 18.0 Å². The van der Waals surface area contributed by atoms with Gasteiger partial charge in [0.15, 0.2) is 0 Å². The predicted octanol–water partition coefficient (Wildman–Crippen LogP) is 3.29. The SMILES string of the molecule is CC1CCCCC1N(C)Cc1cccc(CN)c1F. The largest absolute Gasteiger partial charge is 0.326 e. The third-order valence-electron chi connectivity index (χ3n) is 4.43. The van der Waals surface area contributed by atoms with Crippen molar-refractivity contribution in [1.29, 1.82) is 0 Å². The fourth-order valence-corrected chi connectivity index (χ4v) is 3.25. The summed E-state index contributed by atoms with van der Waals surface area (Å²) < 4.78 is 14.2. The molecule has 2 nitrogen and oxygen atoms in total. The van der Waals surface area contributed by atoms with Crippen LogP contribution >= 0.6 is 0 Å². The van der Waals surface area contributed by atoms with Gasteiger partial charge in [0.25, 0.3) is 0 Å². The second-order valence-corrected chi connectivity index (χ2v) is 5.84. The number of nitrogens with zero attached hydrogens (tertiary/aromatic N) is 1. The Hall–Kier alpha value is -0.930. The lowest BCUT2D eigenvalue weighted by Crippen LogP contribution is -2.38. The van der Waals surface area contributed by atoms with Gasteiger partial charge in [0.2, 0.25) is 0 Å². The average Bonchev–Trinajstić information content (AvgIpc) is 2.41. The van der Waals surface area contributed by atoms with E-state index in [-0.39, 0.29) is 12.4 Å². The van der Waals surface area contributed by atoms with Crippen LogP contribution in [0, 0.1) is 11.7 Å². The molecule has 0 aromatic heterocycles. The van der Waals surface area contributed by atoms with Gasteiger partial charge in [-0.1, -0.05) is 38.0 Å². The van der Waals surface area contributed by atoms with Gasteiger partial charge in [-0.25, -0.2) is 4.39 Å². The normalized spacial score (nSPS) is 23.8. The molecule has 1 aliphatic rings. The van der Waals surface area contributed by atoms with Crippen molar-refractivity contribution < 1.29 is 4.39 Å². The molecule has 0 saturated heterocycles. The molecule has 0 amide bonds. The van der Waals surface area contributed by atoms with Crippen LogP contribution in [0.15, 0.2) is 18.2 Å². The van der Waals surface area contributed by atoms with Crippen molar-refractivity contribution in [3.8, 4) is 0 Å². The van der Waals surface area contributed by atoms with Gasteiger partial charge in [-0.15, -0.1) is 0 Å². The van der Waals surface area contributed by atoms with Crippen molar-refractivity contribution in [2.45, 2.75) is 51.7 Å². The molecule has 1 aromatic rings. The highest BCUT2D eigenvalue weighted by Gasteiger charge is 2.25. The minimum Gasteiger partial charge on any atom is -0.326 e. The Morgan fingerprint density at radius 1 is 1.26 bits per heavy atom. The summed E-state index contributed by atoms with van der Waals surface area (Å²) in [5.41, 5.74) is 6.94. The van der Waals surface area contributed by atoms with Crippen molar-refractivity contribution in [3.05, 3.63) is 35.1 Å². The van der Waals surface area contributed by atoms with Crippen LogP contribution < -0.4 is 5.73 Å². The Kier molecular flexibility index (Phi) is 4.94. The van der Waals surface area contributed by atoms with Gasteiger partial charge in [-0.2, -0.15) is 0 Å². The summed E-state index contributed by atoms with van der Waals surface area (Å²) >= 11 is 0. The summed E-state index contributed by atoms with van der Waals surface area (Å²) in [5, 5.41) is 0. The molecule has 1 saturated carbocycles. The molecule has 2 N–H and O–H groups in total. The van der Waals surface area contributed by atoms with Crippen molar-refractivity contribution in [2.24, 2.45) is 11.7 Å². The van der Waals surface area contributed by atoms with Crippen LogP contribution in [-0.2, 0) is 13.1 Å². The maximum absolute atomic E-state index is 14.2. The Labute approximate surface area is 115 Å². The lowest BCUT2D eigenvalue weighted by Gasteiger charge is -2.36. The molecule has 19 heavy (non-hydrogen) atoms. The van der Waals surface area contributed by atoms with Gasteiger partial charge in [0.1, 0.15) is 5.82 Å². The molecule has 0 aliphatic heterocycles. The summed E-state index contributed by atoms with van der Waals surface area (Å²) in [4.78, 5) is 2.31. The average molecular weight is 264 g/mol. The number of halogens is 1. The number of nitrogens with two attached hydrogens (primary N) is 1. The van der Waals surface area contributed by atoms with Gasteiger partial charge >= 0.3 is 0 Å². The van der Waals surface area contributed by atoms with E-state index in [9.17, 15) is 4.39 Å². The van der Waals surface area contributed by atoms with Gasteiger partial charge in [0, 0.05) is 30.3 Å². The molecule has 0 heterocycles. The third kappa shape index (κ3) is 3.34. The minimum atomic E-state index is -0.125. The topological polar surface area (TPSA) is 29.3 Å². The molecule has 0 radical (unpaired) electrons. The lowest BCUT2D eigenvalue weighted by atomic mass is 9.85. The molecule has 2 rings (SSSR count). The highest BCUT2D eigenvalue weighted by Crippen LogP contribution is 2.28. The van der Waals surface area contributed by atoms with Gasteiger partial charge < -0.3 is 5.73 Å². The number of hydrogen-bond donors (Lipinski definition) is 1. The van der Waals surface area contributed by atoms with Crippen LogP contribution in [0.4, 0.5) is 4.39 Å². The van der Waals surface area contributed by atoms with Crippen LogP contribution in [0.5, 0.6) is 0 Å². The second kappa shape index (κ2) is 6.49. The van der Waals surface area contributed by atoms with Gasteiger partial charge in [-0.05, 0) is 25.8 Å². The van der Waals surface area contributed by atoms with E-state index in [1.54, 1.807) is 6.07 Å². The Balaban J connectivity index is 2.08. The third-order valence-corrected chi connectivity index (χ3v) is 4.43. The first-order valence-corrected chi connectivity index (χ1v) is 7.30. The molecule has 0 spiro atoms. The lowest BCUT2D eigenvalue weighted by molar-refractivity contribution is 0.132. The summed E-state index contributed by atoms with van der Waals surface area (Å²) in [6.07, 6.45) is 5.16. The molecule has 106 valence electrons. The van der Waals surface area contributed by atoms with E-state index in [0.717, 1.165) is 5.56 Å². The van der Waals surface area contributed by atoms with Crippen molar-refractivity contribution in [2.75, 3.05) is 7.05 Å². The number of hydrogen-bond acceptors (Lipinski definition) is 2. The summed E-state index contributed by atoms with van der Waals surface area (Å²) in [5.74, 6) is 0.583. The van der Waals surface area contributed by atoms with E-state index >= 15 is 0 Å². The molecular weight excluding hydrogens is 239 g/mol. The van der Waals surface area contributed by atoms with E-state index < -0.39 is 0 Å². The maximum atomic E-state index is 14.2. The standard InChI is InChI=1S/C16H25FN2/c1-12-6-3-4-9-15(12)19(2)11-14-8-5-7-13(10-18)16(14)17/h5,7-8,12,15H,3-4,6,9-11,18H2,1-2H3. The van der Waals surface area contributed by atoms with Crippen LogP contribution in [0.1, 0.15) is 43.7 Å². The fraction of sp³-hybridized carbons (Fsp3) is 0.625. The monoisotopic (exact) mass is 264 g/mol. The first-order valence-electron chi connectivity index (χ1n) is 7.30. The van der Waals surface area contributed by atoms with Crippen LogP contribution in [0.3, 0.4) is 0 Å². The summed E-state index contributed by atoms with van der Waals surface area (Å²) in [6.45, 7) is 3.25. The zero-order valence-corrected chi connectivity index (χ0v) is 12.0. The minimum absolute atomic E-state index is 0.125. The van der Waals surface area contributed by atoms with E-state index in [4.69, 9.17) is 5.73 Å². The van der Waals surface area contributed by atoms with Crippen molar-refractivity contribution in [1.82, 2.24) is 4.90 Å². The highest BCUT2D eigenvalue weighted by molar-refractivity contribution is 5.25. The Morgan fingerprint density at radius 2 is 1.95 bits per heavy atom. The molecule has 1 aliphatic carbocycles. The predicted molar refractivity (Wildman–Crippen MR) is 77.2 cm³/mol. The maximum Gasteiger partial charge on any atom is 0.132 e. The number of rotatable bonds is 4. The second-order valence-electron chi connectivity index (χ2n) is 5.84. The molecule has 1 aromatic carbocycles. The number of benzene rings is 1. The van der Waals surface area contributed by atoms with Gasteiger partial charge in [-0.3, -0.25) is 4.90 Å². The molecule has 1 fully saturated rings. The van der Waals surface area contributed by atoms with E-state index in [1.807, 2.05) is 12.1 Å². The zero-order chi connectivity index (χ0) is 13.8.